The quantitative estimate of drug-likeness (QED) is 0.366. The average Bonchev–Trinajstić information content (AvgIpc) is 2.92. The van der Waals surface area contributed by atoms with Crippen molar-refractivity contribution in [2.45, 2.75) is 52.6 Å². The fraction of sp³-hybridized carbons (Fsp3) is 0.882. The number of nitrogens with zero attached hydrogens (tertiary/aromatic N) is 3. The van der Waals surface area contributed by atoms with Crippen LogP contribution in [0.5, 0.6) is 0 Å². The van der Waals surface area contributed by atoms with Crippen molar-refractivity contribution < 1.29 is 4.79 Å². The van der Waals surface area contributed by atoms with Crippen LogP contribution in [0, 0.1) is 5.92 Å². The summed E-state index contributed by atoms with van der Waals surface area (Å²) in [4.78, 5) is 20.9. The molecule has 7 heteroatoms. The molecule has 24 heavy (non-hydrogen) atoms. The minimum Gasteiger partial charge on any atom is -0.357 e. The summed E-state index contributed by atoms with van der Waals surface area (Å²) in [6.07, 6.45) is 0.972. The van der Waals surface area contributed by atoms with Crippen molar-refractivity contribution in [2.75, 3.05) is 40.3 Å². The van der Waals surface area contributed by atoms with E-state index in [0.29, 0.717) is 0 Å². The lowest BCUT2D eigenvalue weighted by molar-refractivity contribution is -0.133. The maximum atomic E-state index is 12.1. The van der Waals surface area contributed by atoms with Crippen LogP contribution in [0.1, 0.15) is 41.0 Å². The summed E-state index contributed by atoms with van der Waals surface area (Å²) in [6.45, 7) is 13.5. The Balaban J connectivity index is 0.00000529. The molecule has 2 N–H and O–H groups in total. The molecule has 1 rings (SSSR count). The summed E-state index contributed by atoms with van der Waals surface area (Å²) in [7, 11) is 4.14. The minimum absolute atomic E-state index is 0. The summed E-state index contributed by atoms with van der Waals surface area (Å²) in [5, 5.41) is 6.78. The van der Waals surface area contributed by atoms with Crippen molar-refractivity contribution in [2.24, 2.45) is 10.9 Å². The van der Waals surface area contributed by atoms with Crippen LogP contribution in [0.3, 0.4) is 0 Å². The van der Waals surface area contributed by atoms with E-state index in [2.05, 4.69) is 50.4 Å². The molecule has 0 aromatic rings. The molecule has 6 nitrogen and oxygen atoms in total. The molecule has 0 bridgehead atoms. The van der Waals surface area contributed by atoms with Crippen molar-refractivity contribution in [3.8, 4) is 0 Å². The highest BCUT2D eigenvalue weighted by Crippen LogP contribution is 2.13. The summed E-state index contributed by atoms with van der Waals surface area (Å²) >= 11 is 0. The van der Waals surface area contributed by atoms with Crippen molar-refractivity contribution in [1.29, 1.82) is 0 Å². The van der Waals surface area contributed by atoms with Gasteiger partial charge in [0.25, 0.3) is 0 Å². The van der Waals surface area contributed by atoms with Crippen molar-refractivity contribution in [1.82, 2.24) is 20.4 Å². The number of carbonyl (C=O) groups is 1. The first-order valence-corrected chi connectivity index (χ1v) is 8.68. The second kappa shape index (κ2) is 10.4. The maximum Gasteiger partial charge on any atom is 0.225 e. The fourth-order valence-electron chi connectivity index (χ4n) is 2.37. The van der Waals surface area contributed by atoms with Gasteiger partial charge >= 0.3 is 0 Å². The van der Waals surface area contributed by atoms with Gasteiger partial charge in [0.05, 0.1) is 6.54 Å². The number of rotatable bonds is 6. The molecule has 1 aliphatic heterocycles. The van der Waals surface area contributed by atoms with E-state index in [1.807, 2.05) is 18.7 Å². The van der Waals surface area contributed by atoms with Gasteiger partial charge in [-0.25, -0.2) is 0 Å². The number of amides is 1. The van der Waals surface area contributed by atoms with Crippen LogP contribution >= 0.6 is 24.0 Å². The van der Waals surface area contributed by atoms with E-state index in [9.17, 15) is 4.79 Å². The minimum atomic E-state index is 0. The van der Waals surface area contributed by atoms with E-state index < -0.39 is 0 Å². The topological polar surface area (TPSA) is 60.0 Å². The number of likely N-dealkylation sites (N-methyl/N-ethyl adjacent to an activating group) is 1. The second-order valence-electron chi connectivity index (χ2n) is 7.47. The average molecular weight is 453 g/mol. The lowest BCUT2D eigenvalue weighted by atomic mass is 10.1. The van der Waals surface area contributed by atoms with Crippen LogP contribution in [0.25, 0.3) is 0 Å². The Morgan fingerprint density at radius 1 is 1.38 bits per heavy atom. The van der Waals surface area contributed by atoms with E-state index in [1.165, 1.54) is 0 Å². The van der Waals surface area contributed by atoms with Gasteiger partial charge in [0.15, 0.2) is 5.96 Å². The van der Waals surface area contributed by atoms with Crippen LogP contribution in [0.4, 0.5) is 0 Å². The second-order valence-corrected chi connectivity index (χ2v) is 7.47. The van der Waals surface area contributed by atoms with Crippen LogP contribution in [-0.4, -0.2) is 73.5 Å². The molecule has 0 aromatic heterocycles. The number of carbonyl (C=O) groups excluding carboxylic acids is 1. The van der Waals surface area contributed by atoms with Gasteiger partial charge in [-0.05, 0) is 41.3 Å². The molecule has 1 amide bonds. The number of guanidine groups is 1. The third-order valence-corrected chi connectivity index (χ3v) is 4.51. The zero-order valence-corrected chi connectivity index (χ0v) is 18.7. The third-order valence-electron chi connectivity index (χ3n) is 4.51. The Bertz CT molecular complexity index is 423. The standard InChI is InChI=1S/C17H35N5O.HI/c1-8-18-16(19-12-17(4,5)21(6)7)20-14-9-10-22(11-14)15(23)13(2)3;/h13-14H,8-12H2,1-7H3,(H2,18,19,20);1H. The first-order chi connectivity index (χ1) is 10.7. The molecule has 0 spiro atoms. The lowest BCUT2D eigenvalue weighted by Crippen LogP contribution is -2.47. The Hall–Kier alpha value is -0.570. The summed E-state index contributed by atoms with van der Waals surface area (Å²) in [5.74, 6) is 1.15. The molecule has 1 atom stereocenters. The van der Waals surface area contributed by atoms with Crippen molar-refractivity contribution in [3.05, 3.63) is 0 Å². The van der Waals surface area contributed by atoms with E-state index in [1.54, 1.807) is 0 Å². The fourth-order valence-corrected chi connectivity index (χ4v) is 2.37. The predicted molar refractivity (Wildman–Crippen MR) is 112 cm³/mol. The Kier molecular flexibility index (Phi) is 10.2. The van der Waals surface area contributed by atoms with Crippen LogP contribution < -0.4 is 10.6 Å². The van der Waals surface area contributed by atoms with E-state index in [-0.39, 0.29) is 47.4 Å². The Morgan fingerprint density at radius 2 is 2.00 bits per heavy atom. The zero-order valence-electron chi connectivity index (χ0n) is 16.3. The van der Waals surface area contributed by atoms with Gasteiger partial charge < -0.3 is 20.4 Å². The normalized spacial score (nSPS) is 18.8. The smallest absolute Gasteiger partial charge is 0.225 e. The summed E-state index contributed by atoms with van der Waals surface area (Å²) in [6, 6.07) is 0.276. The van der Waals surface area contributed by atoms with Crippen molar-refractivity contribution >= 4 is 35.8 Å². The first-order valence-electron chi connectivity index (χ1n) is 8.68. The number of aliphatic imine (C=N–C) groups is 1. The Morgan fingerprint density at radius 3 is 2.50 bits per heavy atom. The molecule has 1 fully saturated rings. The van der Waals surface area contributed by atoms with E-state index >= 15 is 0 Å². The molecule has 1 aliphatic rings. The first kappa shape index (κ1) is 23.4. The van der Waals surface area contributed by atoms with E-state index in [4.69, 9.17) is 4.99 Å². The van der Waals surface area contributed by atoms with Gasteiger partial charge in [-0.2, -0.15) is 0 Å². The van der Waals surface area contributed by atoms with Crippen LogP contribution in [0.2, 0.25) is 0 Å². The monoisotopic (exact) mass is 453 g/mol. The molecular formula is C17H36IN5O. The largest absolute Gasteiger partial charge is 0.357 e. The summed E-state index contributed by atoms with van der Waals surface area (Å²) in [5.41, 5.74) is 0.0116. The molecule has 0 saturated carbocycles. The molecule has 1 heterocycles. The number of halogens is 1. The highest BCUT2D eigenvalue weighted by molar-refractivity contribution is 14.0. The predicted octanol–water partition coefficient (Wildman–Crippen LogP) is 1.76. The number of likely N-dealkylation sites (tertiary alicyclic amines) is 1. The molecule has 142 valence electrons. The summed E-state index contributed by atoms with van der Waals surface area (Å²) < 4.78 is 0. The van der Waals surface area contributed by atoms with Gasteiger partial charge in [0.1, 0.15) is 0 Å². The molecule has 0 aliphatic carbocycles. The lowest BCUT2D eigenvalue weighted by Gasteiger charge is -2.31. The van der Waals surface area contributed by atoms with Gasteiger partial charge in [-0.3, -0.25) is 9.79 Å². The number of hydrogen-bond acceptors (Lipinski definition) is 3. The molecule has 1 unspecified atom stereocenters. The molecule has 1 saturated heterocycles. The Labute approximate surface area is 164 Å². The van der Waals surface area contributed by atoms with Crippen LogP contribution in [-0.2, 0) is 4.79 Å². The zero-order chi connectivity index (χ0) is 17.6. The van der Waals surface area contributed by atoms with E-state index in [0.717, 1.165) is 38.6 Å². The molecular weight excluding hydrogens is 417 g/mol. The third kappa shape index (κ3) is 7.13. The highest BCUT2D eigenvalue weighted by atomic mass is 127. The maximum absolute atomic E-state index is 12.1. The molecule has 0 aromatic carbocycles. The number of nitrogens with one attached hydrogen (secondary N) is 2. The molecule has 0 radical (unpaired) electrons. The highest BCUT2D eigenvalue weighted by Gasteiger charge is 2.28. The van der Waals surface area contributed by atoms with Gasteiger partial charge in [-0.1, -0.05) is 13.8 Å². The van der Waals surface area contributed by atoms with Gasteiger partial charge in [-0.15, -0.1) is 24.0 Å². The van der Waals surface area contributed by atoms with Crippen LogP contribution in [0.15, 0.2) is 4.99 Å². The SMILES string of the molecule is CCNC(=NCC(C)(C)N(C)C)NC1CCN(C(=O)C(C)C)C1.I. The number of hydrogen-bond donors (Lipinski definition) is 2. The van der Waals surface area contributed by atoms with Gasteiger partial charge in [0, 0.05) is 37.1 Å². The van der Waals surface area contributed by atoms with Gasteiger partial charge in [0.2, 0.25) is 5.91 Å². The van der Waals surface area contributed by atoms with Crippen molar-refractivity contribution in [3.63, 3.8) is 0 Å².